The highest BCUT2D eigenvalue weighted by Gasteiger charge is 2.29. The number of carbonyl (C=O) groups excluding carboxylic acids is 1. The summed E-state index contributed by atoms with van der Waals surface area (Å²) in [4.78, 5) is 28.8. The molecule has 0 aliphatic heterocycles. The van der Waals surface area contributed by atoms with E-state index in [0.717, 1.165) is 11.1 Å². The van der Waals surface area contributed by atoms with Crippen LogP contribution in [0.2, 0.25) is 0 Å². The Morgan fingerprint density at radius 2 is 1.61 bits per heavy atom. The molecule has 0 atom stereocenters. The number of methoxy groups -OCH3 is 2. The number of amides is 1. The zero-order valence-corrected chi connectivity index (χ0v) is 26.5. The van der Waals surface area contributed by atoms with Crippen LogP contribution in [0.15, 0.2) is 71.9 Å². The lowest BCUT2D eigenvalue weighted by molar-refractivity contribution is 0.0944. The Labute approximate surface area is 264 Å². The molecule has 3 N–H and O–H groups in total. The van der Waals surface area contributed by atoms with E-state index in [1.54, 1.807) is 27.7 Å². The largest absolute Gasteiger partial charge is 0.494 e. The molecule has 1 aromatic carbocycles. The van der Waals surface area contributed by atoms with Crippen LogP contribution in [0.25, 0.3) is 0 Å². The average Bonchev–Trinajstić information content (AvgIpc) is 3.40. The summed E-state index contributed by atoms with van der Waals surface area (Å²) in [5, 5.41) is 7.18. The third kappa shape index (κ3) is 10.0. The molecule has 0 saturated carbocycles. The number of rotatable bonds is 12. The molecule has 248 valence electrons. The molecule has 0 saturated heterocycles. The van der Waals surface area contributed by atoms with Crippen molar-refractivity contribution in [2.75, 3.05) is 14.2 Å². The standard InChI is InChI=1S/C26H26FN5O4.C2H6O6S2/c1-35-17-22-20(26(34)29-13-21-25(27)23(36-2)10-11-28-21)16-32(30-22)15-19-8-6-18(7-9-19)14-31-12-4-3-5-24(31)33;1-2(9(3,4)5)10(6,7)8/h3-12,16H,13-15,17H2,1-2H3,(H,29,34);2H,1H3,(H,3,4,5)(H,6,7,8). The van der Waals surface area contributed by atoms with Gasteiger partial charge < -0.3 is 19.4 Å². The van der Waals surface area contributed by atoms with Crippen LogP contribution in [0.1, 0.15) is 39.8 Å². The minimum absolute atomic E-state index is 0.0560. The van der Waals surface area contributed by atoms with Gasteiger partial charge in [0.2, 0.25) is 4.58 Å². The summed E-state index contributed by atoms with van der Waals surface area (Å²) in [5.41, 5.74) is 2.78. The number of nitrogens with zero attached hydrogens (tertiary/aromatic N) is 4. The number of halogens is 1. The van der Waals surface area contributed by atoms with E-state index in [0.29, 0.717) is 31.3 Å². The fourth-order valence-corrected chi connectivity index (χ4v) is 5.09. The van der Waals surface area contributed by atoms with Gasteiger partial charge in [-0.25, -0.2) is 4.39 Å². The smallest absolute Gasteiger partial charge is 0.284 e. The second-order valence-corrected chi connectivity index (χ2v) is 13.4. The minimum Gasteiger partial charge on any atom is -0.494 e. The van der Waals surface area contributed by atoms with E-state index in [1.165, 1.54) is 32.5 Å². The Balaban J connectivity index is 0.000000498. The zero-order valence-electron chi connectivity index (χ0n) is 24.9. The quantitative estimate of drug-likeness (QED) is 0.183. The molecule has 3 aromatic heterocycles. The third-order valence-corrected chi connectivity index (χ3v) is 9.52. The van der Waals surface area contributed by atoms with Crippen molar-refractivity contribution in [2.45, 2.75) is 37.7 Å². The lowest BCUT2D eigenvalue weighted by Crippen LogP contribution is -2.25. The Bertz CT molecular complexity index is 1900. The van der Waals surface area contributed by atoms with Gasteiger partial charge in [0.1, 0.15) is 5.69 Å². The molecule has 1 amide bonds. The molecule has 0 bridgehead atoms. The van der Waals surface area contributed by atoms with E-state index < -0.39 is 36.5 Å². The maximum absolute atomic E-state index is 14.4. The summed E-state index contributed by atoms with van der Waals surface area (Å²) in [5.74, 6) is -0.973. The van der Waals surface area contributed by atoms with E-state index in [-0.39, 0.29) is 30.2 Å². The molecule has 3 heterocycles. The predicted octanol–water partition coefficient (Wildman–Crippen LogP) is 1.87. The Morgan fingerprint density at radius 3 is 2.15 bits per heavy atom. The van der Waals surface area contributed by atoms with Gasteiger partial charge in [-0.15, -0.1) is 0 Å². The average molecular weight is 682 g/mol. The van der Waals surface area contributed by atoms with Crippen molar-refractivity contribution in [3.8, 4) is 5.75 Å². The van der Waals surface area contributed by atoms with Gasteiger partial charge in [0.05, 0.1) is 44.6 Å². The van der Waals surface area contributed by atoms with E-state index >= 15 is 0 Å². The SMILES string of the molecule is CC(S(=O)(=O)O)S(=O)(=O)O.COCc1nn(Cc2ccc(Cn3ccccc3=O)cc2)cc1C(=O)NCc1nccc(OC)c1F. The number of ether oxygens (including phenoxy) is 2. The summed E-state index contributed by atoms with van der Waals surface area (Å²) in [6.07, 6.45) is 4.81. The number of aromatic nitrogens is 4. The number of hydrogen-bond donors (Lipinski definition) is 3. The summed E-state index contributed by atoms with van der Waals surface area (Å²) < 4.78 is 81.7. The lowest BCUT2D eigenvalue weighted by Gasteiger charge is -2.08. The molecule has 0 spiro atoms. The highest BCUT2D eigenvalue weighted by Crippen LogP contribution is 2.18. The number of hydrogen-bond acceptors (Lipinski definition) is 10. The van der Waals surface area contributed by atoms with Crippen molar-refractivity contribution in [1.29, 1.82) is 0 Å². The normalized spacial score (nSPS) is 11.5. The fraction of sp³-hybridized carbons (Fsp3) is 0.286. The van der Waals surface area contributed by atoms with Gasteiger partial charge in [0, 0.05) is 37.8 Å². The van der Waals surface area contributed by atoms with Crippen molar-refractivity contribution in [2.24, 2.45) is 0 Å². The van der Waals surface area contributed by atoms with E-state index in [4.69, 9.17) is 18.6 Å². The van der Waals surface area contributed by atoms with E-state index in [9.17, 15) is 30.8 Å². The molecule has 0 radical (unpaired) electrons. The van der Waals surface area contributed by atoms with Crippen LogP contribution in [0.4, 0.5) is 4.39 Å². The van der Waals surface area contributed by atoms with Crippen LogP contribution in [0.3, 0.4) is 0 Å². The maximum Gasteiger partial charge on any atom is 0.284 e. The van der Waals surface area contributed by atoms with Gasteiger partial charge in [0.15, 0.2) is 11.6 Å². The van der Waals surface area contributed by atoms with Gasteiger partial charge >= 0.3 is 0 Å². The van der Waals surface area contributed by atoms with Crippen molar-refractivity contribution in [1.82, 2.24) is 24.6 Å². The fourth-order valence-electron chi connectivity index (χ4n) is 3.86. The molecule has 4 rings (SSSR count). The molecule has 0 aliphatic rings. The molecule has 0 aliphatic carbocycles. The topological polar surface area (TPSA) is 209 Å². The number of benzene rings is 1. The molecule has 15 nitrogen and oxygen atoms in total. The Hall–Kier alpha value is -4.49. The molecule has 0 unspecified atom stereocenters. The number of nitrogens with one attached hydrogen (secondary N) is 1. The van der Waals surface area contributed by atoms with Crippen LogP contribution in [-0.4, -0.2) is 70.0 Å². The first-order chi connectivity index (χ1) is 21.6. The van der Waals surface area contributed by atoms with Crippen molar-refractivity contribution in [3.05, 3.63) is 111 Å². The molecular formula is C28H32FN5O10S2. The van der Waals surface area contributed by atoms with Crippen molar-refractivity contribution >= 4 is 26.1 Å². The van der Waals surface area contributed by atoms with Crippen LogP contribution in [-0.2, 0) is 51.2 Å². The van der Waals surface area contributed by atoms with Crippen LogP contribution in [0, 0.1) is 5.82 Å². The van der Waals surface area contributed by atoms with Crippen molar-refractivity contribution in [3.63, 3.8) is 0 Å². The number of carbonyl (C=O) groups is 1. The highest BCUT2D eigenvalue weighted by molar-refractivity contribution is 8.03. The number of pyridine rings is 2. The summed E-state index contributed by atoms with van der Waals surface area (Å²) in [6, 6.07) is 14.3. The molecular weight excluding hydrogens is 649 g/mol. The van der Waals surface area contributed by atoms with E-state index in [2.05, 4.69) is 15.4 Å². The van der Waals surface area contributed by atoms with Crippen LogP contribution < -0.4 is 15.6 Å². The second kappa shape index (κ2) is 15.7. The zero-order chi connectivity index (χ0) is 34.1. The van der Waals surface area contributed by atoms with Gasteiger partial charge in [-0.1, -0.05) is 30.3 Å². The molecule has 46 heavy (non-hydrogen) atoms. The molecule has 0 fully saturated rings. The first-order valence-corrected chi connectivity index (χ1v) is 16.3. The predicted molar refractivity (Wildman–Crippen MR) is 163 cm³/mol. The summed E-state index contributed by atoms with van der Waals surface area (Å²) >= 11 is 0. The van der Waals surface area contributed by atoms with E-state index in [1.807, 2.05) is 30.3 Å². The second-order valence-electron chi connectivity index (χ2n) is 9.66. The molecule has 4 aromatic rings. The first-order valence-electron chi connectivity index (χ1n) is 13.3. The maximum atomic E-state index is 14.4. The molecule has 18 heteroatoms. The Kier molecular flexibility index (Phi) is 12.3. The van der Waals surface area contributed by atoms with Crippen LogP contribution >= 0.6 is 0 Å². The van der Waals surface area contributed by atoms with Gasteiger partial charge in [-0.2, -0.15) is 21.9 Å². The first kappa shape index (κ1) is 36.0. The van der Waals surface area contributed by atoms with Gasteiger partial charge in [0.25, 0.3) is 31.7 Å². The third-order valence-electron chi connectivity index (χ3n) is 6.38. The van der Waals surface area contributed by atoms with Gasteiger partial charge in [-0.05, 0) is 24.1 Å². The minimum atomic E-state index is -4.70. The van der Waals surface area contributed by atoms with Crippen molar-refractivity contribution < 1.29 is 44.6 Å². The highest BCUT2D eigenvalue weighted by atomic mass is 32.3. The van der Waals surface area contributed by atoms with Crippen LogP contribution in [0.5, 0.6) is 5.75 Å². The Morgan fingerprint density at radius 1 is 0.978 bits per heavy atom. The summed E-state index contributed by atoms with van der Waals surface area (Å²) in [7, 11) is -6.51. The lowest BCUT2D eigenvalue weighted by atomic mass is 10.1. The monoisotopic (exact) mass is 681 g/mol. The summed E-state index contributed by atoms with van der Waals surface area (Å²) in [6.45, 7) is 1.61. The van der Waals surface area contributed by atoms with Gasteiger partial charge in [-0.3, -0.25) is 28.4 Å².